The van der Waals surface area contributed by atoms with Crippen molar-refractivity contribution in [1.29, 1.82) is 10.5 Å². The molecular formula is C25H21N5O3S. The molecule has 9 heteroatoms. The second kappa shape index (κ2) is 9.74. The summed E-state index contributed by atoms with van der Waals surface area (Å²) in [5, 5.41) is 22.7. The van der Waals surface area contributed by atoms with Gasteiger partial charge in [0.05, 0.1) is 11.3 Å². The van der Waals surface area contributed by atoms with Crippen molar-refractivity contribution in [3.8, 4) is 34.8 Å². The van der Waals surface area contributed by atoms with E-state index in [1.54, 1.807) is 18.2 Å². The maximum Gasteiger partial charge on any atom is 0.234 e. The number of anilines is 2. The van der Waals surface area contributed by atoms with E-state index < -0.39 is 0 Å². The maximum atomic E-state index is 12.6. The van der Waals surface area contributed by atoms with Crippen molar-refractivity contribution in [2.45, 2.75) is 24.8 Å². The summed E-state index contributed by atoms with van der Waals surface area (Å²) in [5.41, 5.74) is 9.24. The Bertz CT molecular complexity index is 1340. The summed E-state index contributed by atoms with van der Waals surface area (Å²) >= 11 is 1.08. The van der Waals surface area contributed by atoms with E-state index >= 15 is 0 Å². The van der Waals surface area contributed by atoms with Crippen LogP contribution in [0.4, 0.5) is 11.5 Å². The number of nitrogens with one attached hydrogen (secondary N) is 1. The highest BCUT2D eigenvalue weighted by molar-refractivity contribution is 8.00. The number of nitrogens with zero attached hydrogens (tertiary/aromatic N) is 3. The summed E-state index contributed by atoms with van der Waals surface area (Å²) < 4.78 is 10.6. The molecule has 2 heterocycles. The smallest absolute Gasteiger partial charge is 0.234 e. The van der Waals surface area contributed by atoms with E-state index in [0.29, 0.717) is 39.3 Å². The van der Waals surface area contributed by atoms with Gasteiger partial charge in [0.15, 0.2) is 11.5 Å². The van der Waals surface area contributed by atoms with Gasteiger partial charge in [-0.1, -0.05) is 49.9 Å². The molecule has 3 N–H and O–H groups in total. The van der Waals surface area contributed by atoms with E-state index in [0.717, 1.165) is 17.3 Å². The van der Waals surface area contributed by atoms with Crippen molar-refractivity contribution in [2.75, 3.05) is 23.6 Å². The number of fused-ring (bicyclic) bond motifs is 1. The monoisotopic (exact) mass is 471 g/mol. The minimum atomic E-state index is -0.291. The number of pyridine rings is 1. The molecule has 1 aromatic heterocycles. The van der Waals surface area contributed by atoms with Gasteiger partial charge < -0.3 is 20.5 Å². The first kappa shape index (κ1) is 23.0. The Kier molecular flexibility index (Phi) is 6.58. The molecule has 34 heavy (non-hydrogen) atoms. The fraction of sp³-hybridized carbons (Fsp3) is 0.200. The second-order valence-corrected chi connectivity index (χ2v) is 8.80. The lowest BCUT2D eigenvalue weighted by Crippen LogP contribution is -2.14. The summed E-state index contributed by atoms with van der Waals surface area (Å²) in [4.78, 5) is 16.8. The first-order chi connectivity index (χ1) is 16.4. The number of aromatic nitrogens is 1. The summed E-state index contributed by atoms with van der Waals surface area (Å²) in [6, 6.07) is 17.0. The number of carbonyl (C=O) groups is 1. The Morgan fingerprint density at radius 1 is 1.12 bits per heavy atom. The van der Waals surface area contributed by atoms with Crippen LogP contribution in [0.25, 0.3) is 11.1 Å². The van der Waals surface area contributed by atoms with Gasteiger partial charge in [-0.2, -0.15) is 10.5 Å². The number of benzene rings is 2. The van der Waals surface area contributed by atoms with Gasteiger partial charge in [0.25, 0.3) is 0 Å². The number of nitrogen functional groups attached to an aromatic ring is 1. The Morgan fingerprint density at radius 3 is 2.50 bits per heavy atom. The zero-order valence-corrected chi connectivity index (χ0v) is 19.4. The first-order valence-corrected chi connectivity index (χ1v) is 11.5. The molecule has 0 bridgehead atoms. The van der Waals surface area contributed by atoms with Gasteiger partial charge in [-0.25, -0.2) is 4.98 Å². The van der Waals surface area contributed by atoms with Crippen molar-refractivity contribution >= 4 is 29.2 Å². The molecule has 0 saturated heterocycles. The zero-order valence-electron chi connectivity index (χ0n) is 18.6. The minimum Gasteiger partial charge on any atom is -0.454 e. The van der Waals surface area contributed by atoms with Crippen molar-refractivity contribution in [1.82, 2.24) is 4.98 Å². The van der Waals surface area contributed by atoms with E-state index in [4.69, 9.17) is 15.2 Å². The summed E-state index contributed by atoms with van der Waals surface area (Å²) in [6.07, 6.45) is 0. The quantitative estimate of drug-likeness (QED) is 0.496. The maximum absolute atomic E-state index is 12.6. The van der Waals surface area contributed by atoms with Crippen LogP contribution in [0.2, 0.25) is 0 Å². The van der Waals surface area contributed by atoms with Gasteiger partial charge >= 0.3 is 0 Å². The molecule has 1 amide bonds. The van der Waals surface area contributed by atoms with Crippen LogP contribution in [0.15, 0.2) is 47.5 Å². The average molecular weight is 472 g/mol. The molecule has 0 aliphatic carbocycles. The molecule has 0 atom stereocenters. The minimum absolute atomic E-state index is 0.00676. The fourth-order valence-corrected chi connectivity index (χ4v) is 4.33. The van der Waals surface area contributed by atoms with Gasteiger partial charge in [-0.3, -0.25) is 4.79 Å². The lowest BCUT2D eigenvalue weighted by molar-refractivity contribution is -0.113. The van der Waals surface area contributed by atoms with E-state index in [2.05, 4.69) is 36.3 Å². The van der Waals surface area contributed by atoms with Gasteiger partial charge in [-0.05, 0) is 29.2 Å². The lowest BCUT2D eigenvalue weighted by Gasteiger charge is -2.14. The Hall–Kier alpha value is -4.21. The highest BCUT2D eigenvalue weighted by atomic mass is 32.2. The molecule has 0 fully saturated rings. The van der Waals surface area contributed by atoms with Crippen LogP contribution >= 0.6 is 11.8 Å². The third-order valence-corrected chi connectivity index (χ3v) is 6.25. The Balaban J connectivity index is 1.59. The molecule has 170 valence electrons. The van der Waals surface area contributed by atoms with Crippen LogP contribution in [-0.2, 0) is 4.79 Å². The fourth-order valence-electron chi connectivity index (χ4n) is 3.53. The van der Waals surface area contributed by atoms with Gasteiger partial charge in [0, 0.05) is 17.3 Å². The second-order valence-electron chi connectivity index (χ2n) is 7.83. The molecule has 0 radical (unpaired) electrons. The molecule has 0 spiro atoms. The number of hydrogen-bond donors (Lipinski definition) is 2. The van der Waals surface area contributed by atoms with E-state index in [1.165, 1.54) is 0 Å². The third-order valence-electron chi connectivity index (χ3n) is 5.28. The molecule has 0 saturated carbocycles. The number of nitrogens with two attached hydrogens (primary N) is 1. The lowest BCUT2D eigenvalue weighted by atomic mass is 9.94. The van der Waals surface area contributed by atoms with E-state index in [-0.39, 0.29) is 35.4 Å². The molecule has 4 rings (SSSR count). The summed E-state index contributed by atoms with van der Waals surface area (Å²) in [6.45, 7) is 4.32. The van der Waals surface area contributed by atoms with Crippen LogP contribution in [0, 0.1) is 22.7 Å². The predicted octanol–water partition coefficient (Wildman–Crippen LogP) is 4.66. The van der Waals surface area contributed by atoms with Crippen molar-refractivity contribution < 1.29 is 14.3 Å². The zero-order chi connectivity index (χ0) is 24.2. The SMILES string of the molecule is CC(C)c1ccc(-c2c(C#N)c(N)nc(SCC(=O)Nc3ccc4c(c3)OCO4)c2C#N)cc1. The molecule has 1 aliphatic rings. The summed E-state index contributed by atoms with van der Waals surface area (Å²) in [5.74, 6) is 1.25. The van der Waals surface area contributed by atoms with Crippen molar-refractivity contribution in [3.05, 3.63) is 59.2 Å². The number of nitriles is 2. The molecule has 0 unspecified atom stereocenters. The average Bonchev–Trinajstić information content (AvgIpc) is 3.30. The standard InChI is InChI=1S/C25H21N5O3S/c1-14(2)15-3-5-16(6-4-15)23-18(10-26)24(28)30-25(19(23)11-27)34-12-22(31)29-17-7-8-20-21(9-17)33-13-32-20/h3-9,14H,12-13H2,1-2H3,(H2,28,30)(H,29,31). The number of carbonyl (C=O) groups excluding carboxylic acids is 1. The van der Waals surface area contributed by atoms with Crippen molar-refractivity contribution in [3.63, 3.8) is 0 Å². The normalized spacial score (nSPS) is 11.7. The number of amides is 1. The molecule has 8 nitrogen and oxygen atoms in total. The largest absolute Gasteiger partial charge is 0.454 e. The van der Waals surface area contributed by atoms with E-state index in [9.17, 15) is 15.3 Å². The number of rotatable bonds is 6. The first-order valence-electron chi connectivity index (χ1n) is 10.5. The highest BCUT2D eigenvalue weighted by Crippen LogP contribution is 2.37. The molecular weight excluding hydrogens is 450 g/mol. The topological polar surface area (TPSA) is 134 Å². The number of thioether (sulfide) groups is 1. The summed E-state index contributed by atoms with van der Waals surface area (Å²) in [7, 11) is 0. The third kappa shape index (κ3) is 4.61. The van der Waals surface area contributed by atoms with Gasteiger partial charge in [0.1, 0.15) is 28.5 Å². The van der Waals surface area contributed by atoms with Crippen LogP contribution < -0.4 is 20.5 Å². The van der Waals surface area contributed by atoms with Crippen LogP contribution in [0.5, 0.6) is 11.5 Å². The van der Waals surface area contributed by atoms with Crippen LogP contribution in [0.3, 0.4) is 0 Å². The van der Waals surface area contributed by atoms with E-state index in [1.807, 2.05) is 24.3 Å². The number of ether oxygens (including phenoxy) is 2. The number of hydrogen-bond acceptors (Lipinski definition) is 8. The Morgan fingerprint density at radius 2 is 1.82 bits per heavy atom. The van der Waals surface area contributed by atoms with Crippen LogP contribution in [0.1, 0.15) is 36.5 Å². The van der Waals surface area contributed by atoms with Crippen molar-refractivity contribution in [2.24, 2.45) is 0 Å². The predicted molar refractivity (Wildman–Crippen MR) is 130 cm³/mol. The van der Waals surface area contributed by atoms with Crippen LogP contribution in [-0.4, -0.2) is 23.4 Å². The molecule has 2 aromatic carbocycles. The van der Waals surface area contributed by atoms with Gasteiger partial charge in [0.2, 0.25) is 12.7 Å². The Labute approximate surface area is 201 Å². The molecule has 1 aliphatic heterocycles. The van der Waals surface area contributed by atoms with Gasteiger partial charge in [-0.15, -0.1) is 0 Å². The molecule has 3 aromatic rings. The highest BCUT2D eigenvalue weighted by Gasteiger charge is 2.21.